The van der Waals surface area contributed by atoms with Crippen LogP contribution < -0.4 is 5.69 Å². The van der Waals surface area contributed by atoms with Gasteiger partial charge >= 0.3 is 18.0 Å². The number of fused-ring (bicyclic) bond motifs is 1. The van der Waals surface area contributed by atoms with Crippen LogP contribution in [-0.4, -0.2) is 19.6 Å². The molecule has 0 unspecified atom stereocenters. The average molecular weight is 408 g/mol. The summed E-state index contributed by atoms with van der Waals surface area (Å²) in [5, 5.41) is 3.05. The Labute approximate surface area is 156 Å². The van der Waals surface area contributed by atoms with E-state index in [-0.39, 0.29) is 16.9 Å². The fraction of sp³-hybridized carbons (Fsp3) is 0.353. The van der Waals surface area contributed by atoms with Crippen molar-refractivity contribution in [3.63, 3.8) is 0 Å². The first-order valence-electron chi connectivity index (χ1n) is 8.30. The van der Waals surface area contributed by atoms with Gasteiger partial charge in [0.2, 0.25) is 0 Å². The van der Waals surface area contributed by atoms with Crippen LogP contribution >= 0.6 is 0 Å². The third-order valence-electron chi connectivity index (χ3n) is 3.12. The Hall–Kier alpha value is -2.85. The topological polar surface area (TPSA) is 63.0 Å². The number of alkyl halides is 6. The third-order valence-corrected chi connectivity index (χ3v) is 3.12. The maximum Gasteiger partial charge on any atom is 0.453 e. The molecule has 2 aromatic heterocycles. The Morgan fingerprint density at radius 1 is 0.893 bits per heavy atom. The van der Waals surface area contributed by atoms with Crippen molar-refractivity contribution >= 4 is 5.65 Å². The summed E-state index contributed by atoms with van der Waals surface area (Å²) < 4.78 is 75.7. The molecule has 2 heterocycles. The zero-order valence-corrected chi connectivity index (χ0v) is 15.4. The molecular formula is C17H18F6N4O. The lowest BCUT2D eigenvalue weighted by Crippen LogP contribution is -2.18. The normalized spacial score (nSPS) is 11.4. The summed E-state index contributed by atoms with van der Waals surface area (Å²) in [6.45, 7) is 8.00. The van der Waals surface area contributed by atoms with Gasteiger partial charge in [0.15, 0.2) is 5.65 Å². The van der Waals surface area contributed by atoms with Gasteiger partial charge < -0.3 is 4.98 Å². The van der Waals surface area contributed by atoms with Crippen molar-refractivity contribution in [2.24, 2.45) is 0 Å². The number of rotatable bonds is 1. The lowest BCUT2D eigenvalue weighted by molar-refractivity contribution is -0.144. The predicted molar refractivity (Wildman–Crippen MR) is 91.7 cm³/mol. The summed E-state index contributed by atoms with van der Waals surface area (Å²) in [5.41, 5.74) is -2.07. The number of hydrogen-bond acceptors (Lipinski definition) is 3. The Kier molecular flexibility index (Phi) is 7.36. The van der Waals surface area contributed by atoms with Crippen molar-refractivity contribution < 1.29 is 26.3 Å². The number of benzene rings is 1. The highest BCUT2D eigenvalue weighted by molar-refractivity contribution is 5.63. The van der Waals surface area contributed by atoms with E-state index in [9.17, 15) is 31.1 Å². The van der Waals surface area contributed by atoms with Gasteiger partial charge in [0.25, 0.3) is 5.82 Å². The van der Waals surface area contributed by atoms with Crippen molar-refractivity contribution in [3.05, 3.63) is 52.2 Å². The largest absolute Gasteiger partial charge is 0.453 e. The second-order valence-electron chi connectivity index (χ2n) is 4.77. The summed E-state index contributed by atoms with van der Waals surface area (Å²) in [7, 11) is 0. The molecule has 0 bridgehead atoms. The Balaban J connectivity index is 0.000000921. The standard InChI is InChI=1S/C13H6F6N4O.2C2H6/c14-12(15,16)7-3-1-6(2-4-7)8-5-9-21-10(13(17,18)19)22-23(9)11(24)20-8;2*1-2/h1-5H,(H,20,24);2*1-2H3. The molecule has 1 aromatic carbocycles. The fourth-order valence-electron chi connectivity index (χ4n) is 2.01. The Morgan fingerprint density at radius 2 is 1.43 bits per heavy atom. The molecule has 0 amide bonds. The van der Waals surface area contributed by atoms with Crippen LogP contribution in [0.25, 0.3) is 16.9 Å². The summed E-state index contributed by atoms with van der Waals surface area (Å²) in [5.74, 6) is -1.49. The molecule has 0 aliphatic heterocycles. The van der Waals surface area contributed by atoms with Gasteiger partial charge in [-0.2, -0.15) is 30.9 Å². The highest BCUT2D eigenvalue weighted by atomic mass is 19.4. The molecule has 0 spiro atoms. The lowest BCUT2D eigenvalue weighted by atomic mass is 10.1. The molecular weight excluding hydrogens is 390 g/mol. The van der Waals surface area contributed by atoms with E-state index in [4.69, 9.17) is 0 Å². The van der Waals surface area contributed by atoms with E-state index in [1.54, 1.807) is 0 Å². The van der Waals surface area contributed by atoms with Gasteiger partial charge in [-0.25, -0.2) is 9.78 Å². The third kappa shape index (κ3) is 5.11. The van der Waals surface area contributed by atoms with E-state index in [2.05, 4.69) is 15.1 Å². The van der Waals surface area contributed by atoms with Crippen molar-refractivity contribution in [2.75, 3.05) is 0 Å². The Morgan fingerprint density at radius 3 is 1.89 bits per heavy atom. The van der Waals surface area contributed by atoms with Gasteiger partial charge in [-0.15, -0.1) is 5.10 Å². The van der Waals surface area contributed by atoms with Crippen LogP contribution in [-0.2, 0) is 12.4 Å². The van der Waals surface area contributed by atoms with Crippen LogP contribution in [0.1, 0.15) is 39.1 Å². The predicted octanol–water partition coefficient (Wildman–Crippen LogP) is 5.17. The number of nitrogens with zero attached hydrogens (tertiary/aromatic N) is 3. The molecule has 1 N–H and O–H groups in total. The second-order valence-corrected chi connectivity index (χ2v) is 4.77. The fourth-order valence-corrected chi connectivity index (χ4v) is 2.01. The minimum atomic E-state index is -4.83. The molecule has 3 rings (SSSR count). The molecule has 5 nitrogen and oxygen atoms in total. The van der Waals surface area contributed by atoms with Crippen LogP contribution in [0.4, 0.5) is 26.3 Å². The smallest absolute Gasteiger partial charge is 0.305 e. The molecule has 0 saturated heterocycles. The number of H-pyrrole nitrogens is 1. The molecule has 0 radical (unpaired) electrons. The van der Waals surface area contributed by atoms with Crippen LogP contribution in [0.3, 0.4) is 0 Å². The monoisotopic (exact) mass is 408 g/mol. The zero-order valence-electron chi connectivity index (χ0n) is 15.4. The van der Waals surface area contributed by atoms with Crippen molar-refractivity contribution in [3.8, 4) is 11.3 Å². The first kappa shape index (κ1) is 23.2. The van der Waals surface area contributed by atoms with Crippen molar-refractivity contribution in [2.45, 2.75) is 40.0 Å². The van der Waals surface area contributed by atoms with Gasteiger partial charge in [0, 0.05) is 6.07 Å². The highest BCUT2D eigenvalue weighted by Crippen LogP contribution is 2.31. The summed E-state index contributed by atoms with van der Waals surface area (Å²) in [4.78, 5) is 17.3. The first-order chi connectivity index (χ1) is 13.1. The molecule has 0 aliphatic rings. The van der Waals surface area contributed by atoms with E-state index in [1.165, 1.54) is 0 Å². The maximum atomic E-state index is 12.6. The van der Waals surface area contributed by atoms with Gasteiger partial charge in [-0.3, -0.25) is 0 Å². The average Bonchev–Trinajstić information content (AvgIpc) is 3.10. The van der Waals surface area contributed by atoms with Gasteiger partial charge in [-0.1, -0.05) is 39.8 Å². The molecule has 3 aromatic rings. The molecule has 0 fully saturated rings. The van der Waals surface area contributed by atoms with Crippen molar-refractivity contribution in [1.29, 1.82) is 0 Å². The zero-order chi connectivity index (χ0) is 21.7. The number of nitrogens with one attached hydrogen (secondary N) is 1. The molecule has 154 valence electrons. The molecule has 0 atom stereocenters. The van der Waals surface area contributed by atoms with E-state index in [0.29, 0.717) is 4.52 Å². The minimum Gasteiger partial charge on any atom is -0.305 e. The number of halogens is 6. The van der Waals surface area contributed by atoms with Crippen LogP contribution in [0.15, 0.2) is 35.1 Å². The van der Waals surface area contributed by atoms with Gasteiger partial charge in [-0.05, 0) is 17.7 Å². The van der Waals surface area contributed by atoms with E-state index < -0.39 is 29.4 Å². The Bertz CT molecular complexity index is 955. The van der Waals surface area contributed by atoms with Crippen molar-refractivity contribution in [1.82, 2.24) is 19.6 Å². The minimum absolute atomic E-state index is 0.0161. The quantitative estimate of drug-likeness (QED) is 0.565. The van der Waals surface area contributed by atoms with E-state index in [0.717, 1.165) is 30.3 Å². The molecule has 0 aliphatic carbocycles. The number of hydrogen-bond donors (Lipinski definition) is 1. The SMILES string of the molecule is CC.CC.O=c1[nH]c(-c2ccc(C(F)(F)F)cc2)cc2nc(C(F)(F)F)nn12. The molecule has 28 heavy (non-hydrogen) atoms. The van der Waals surface area contributed by atoms with E-state index >= 15 is 0 Å². The molecule has 0 saturated carbocycles. The van der Waals surface area contributed by atoms with Crippen LogP contribution in [0, 0.1) is 0 Å². The summed E-state index contributed by atoms with van der Waals surface area (Å²) in [6, 6.07) is 4.86. The number of aromatic amines is 1. The van der Waals surface area contributed by atoms with E-state index in [1.807, 2.05) is 27.7 Å². The summed E-state index contributed by atoms with van der Waals surface area (Å²) in [6.07, 6.45) is -9.35. The highest BCUT2D eigenvalue weighted by Gasteiger charge is 2.36. The van der Waals surface area contributed by atoms with Crippen LogP contribution in [0.2, 0.25) is 0 Å². The summed E-state index contributed by atoms with van der Waals surface area (Å²) >= 11 is 0. The van der Waals surface area contributed by atoms with Gasteiger partial charge in [0.05, 0.1) is 11.3 Å². The maximum absolute atomic E-state index is 12.6. The second kappa shape index (κ2) is 8.89. The van der Waals surface area contributed by atoms with Crippen LogP contribution in [0.5, 0.6) is 0 Å². The molecule has 11 heteroatoms. The number of aromatic nitrogens is 4. The first-order valence-corrected chi connectivity index (χ1v) is 8.30. The van der Waals surface area contributed by atoms with Gasteiger partial charge in [0.1, 0.15) is 0 Å². The lowest BCUT2D eigenvalue weighted by Gasteiger charge is -2.07.